The van der Waals surface area contributed by atoms with Crippen LogP contribution in [0.1, 0.15) is 54.4 Å². The molecule has 4 rings (SSSR count). The molecule has 8 heteroatoms. The molecule has 0 fully saturated rings. The molecule has 2 aromatic heterocycles. The van der Waals surface area contributed by atoms with E-state index in [-0.39, 0.29) is 23.2 Å². The van der Waals surface area contributed by atoms with E-state index in [1.807, 2.05) is 6.92 Å². The summed E-state index contributed by atoms with van der Waals surface area (Å²) in [6.45, 7) is 2.76. The summed E-state index contributed by atoms with van der Waals surface area (Å²) in [5, 5.41) is 18.8. The molecule has 1 aliphatic rings. The number of hydrogen-bond acceptors (Lipinski definition) is 5. The minimum Gasteiger partial charge on any atom is -0.341 e. The van der Waals surface area contributed by atoms with Gasteiger partial charge in [0.05, 0.1) is 11.4 Å². The van der Waals surface area contributed by atoms with Crippen molar-refractivity contribution < 1.29 is 4.79 Å². The van der Waals surface area contributed by atoms with E-state index in [9.17, 15) is 9.59 Å². The molecule has 0 saturated carbocycles. The molecule has 1 amide bonds. The second-order valence-electron chi connectivity index (χ2n) is 6.58. The monoisotopic (exact) mass is 352 g/mol. The molecular weight excluding hydrogens is 332 g/mol. The van der Waals surface area contributed by atoms with E-state index in [4.69, 9.17) is 0 Å². The predicted octanol–water partition coefficient (Wildman–Crippen LogP) is 1.73. The van der Waals surface area contributed by atoms with Crippen molar-refractivity contribution in [2.24, 2.45) is 0 Å². The van der Waals surface area contributed by atoms with Crippen LogP contribution in [0.2, 0.25) is 0 Å². The average Bonchev–Trinajstić information content (AvgIpc) is 2.91. The van der Waals surface area contributed by atoms with Gasteiger partial charge >= 0.3 is 0 Å². The molecule has 0 radical (unpaired) electrons. The Labute approximate surface area is 149 Å². The van der Waals surface area contributed by atoms with Crippen molar-refractivity contribution in [1.29, 1.82) is 0 Å². The average molecular weight is 352 g/mol. The van der Waals surface area contributed by atoms with Gasteiger partial charge < -0.3 is 9.88 Å². The number of rotatable bonds is 3. The largest absolute Gasteiger partial charge is 0.341 e. The van der Waals surface area contributed by atoms with Gasteiger partial charge in [0.2, 0.25) is 0 Å². The lowest BCUT2D eigenvalue weighted by atomic mass is 10.1. The van der Waals surface area contributed by atoms with Crippen LogP contribution in [0.5, 0.6) is 0 Å². The number of nitrogens with zero attached hydrogens (tertiary/aromatic N) is 4. The van der Waals surface area contributed by atoms with E-state index < -0.39 is 0 Å². The minimum absolute atomic E-state index is 0.197. The molecule has 0 saturated heterocycles. The summed E-state index contributed by atoms with van der Waals surface area (Å²) in [7, 11) is 0. The Morgan fingerprint density at radius 3 is 2.85 bits per heavy atom. The topological polar surface area (TPSA) is 106 Å². The van der Waals surface area contributed by atoms with Gasteiger partial charge in [-0.15, -0.1) is 10.2 Å². The first kappa shape index (κ1) is 16.4. The van der Waals surface area contributed by atoms with Gasteiger partial charge in [-0.3, -0.25) is 9.59 Å². The summed E-state index contributed by atoms with van der Waals surface area (Å²) >= 11 is 0. The number of fused-ring (bicyclic) bond motifs is 2. The van der Waals surface area contributed by atoms with E-state index in [1.54, 1.807) is 24.3 Å². The Balaban J connectivity index is 1.62. The summed E-state index contributed by atoms with van der Waals surface area (Å²) in [5.74, 6) is 1.38. The SMILES string of the molecule is C[C@H](NC(=O)c1n[nH]c(=O)c2ccccc12)c1nnc2n1CCCCC2. The minimum atomic E-state index is -0.351. The van der Waals surface area contributed by atoms with Crippen molar-refractivity contribution in [3.63, 3.8) is 0 Å². The fourth-order valence-corrected chi connectivity index (χ4v) is 3.45. The molecule has 26 heavy (non-hydrogen) atoms. The van der Waals surface area contributed by atoms with Gasteiger partial charge in [-0.25, -0.2) is 5.10 Å². The second-order valence-corrected chi connectivity index (χ2v) is 6.58. The predicted molar refractivity (Wildman–Crippen MR) is 95.8 cm³/mol. The maximum Gasteiger partial charge on any atom is 0.272 e. The maximum absolute atomic E-state index is 12.8. The van der Waals surface area contributed by atoms with E-state index in [2.05, 4.69) is 30.3 Å². The Morgan fingerprint density at radius 2 is 2.00 bits per heavy atom. The molecule has 1 aromatic carbocycles. The number of hydrogen-bond donors (Lipinski definition) is 2. The number of aromatic nitrogens is 5. The van der Waals surface area contributed by atoms with Crippen LogP contribution >= 0.6 is 0 Å². The van der Waals surface area contributed by atoms with Gasteiger partial charge in [0.1, 0.15) is 5.82 Å². The number of nitrogens with one attached hydrogen (secondary N) is 2. The van der Waals surface area contributed by atoms with E-state index in [0.717, 1.165) is 37.5 Å². The Morgan fingerprint density at radius 1 is 1.19 bits per heavy atom. The van der Waals surface area contributed by atoms with Crippen molar-refractivity contribution in [2.45, 2.75) is 45.2 Å². The van der Waals surface area contributed by atoms with Crippen LogP contribution < -0.4 is 10.9 Å². The zero-order valence-corrected chi connectivity index (χ0v) is 14.5. The van der Waals surface area contributed by atoms with Gasteiger partial charge in [0.25, 0.3) is 11.5 Å². The first-order valence-corrected chi connectivity index (χ1v) is 8.85. The third-order valence-corrected chi connectivity index (χ3v) is 4.78. The maximum atomic E-state index is 12.8. The van der Waals surface area contributed by atoms with Gasteiger partial charge in [0, 0.05) is 18.4 Å². The van der Waals surface area contributed by atoms with Crippen LogP contribution in [0, 0.1) is 0 Å². The highest BCUT2D eigenvalue weighted by Gasteiger charge is 2.22. The van der Waals surface area contributed by atoms with Crippen LogP contribution in [-0.2, 0) is 13.0 Å². The molecule has 8 nitrogen and oxygen atoms in total. The van der Waals surface area contributed by atoms with Crippen LogP contribution in [0.25, 0.3) is 10.8 Å². The molecule has 0 aliphatic carbocycles. The van der Waals surface area contributed by atoms with Gasteiger partial charge in [-0.1, -0.05) is 24.6 Å². The highest BCUT2D eigenvalue weighted by Crippen LogP contribution is 2.19. The summed E-state index contributed by atoms with van der Waals surface area (Å²) in [5.41, 5.74) is -0.115. The molecule has 0 bridgehead atoms. The number of amides is 1. The Kier molecular flexibility index (Phi) is 4.24. The molecule has 3 aromatic rings. The number of benzene rings is 1. The van der Waals surface area contributed by atoms with Crippen LogP contribution in [0.15, 0.2) is 29.1 Å². The lowest BCUT2D eigenvalue weighted by Crippen LogP contribution is -2.30. The molecule has 0 spiro atoms. The zero-order valence-electron chi connectivity index (χ0n) is 14.5. The van der Waals surface area contributed by atoms with E-state index in [1.165, 1.54) is 6.42 Å². The third kappa shape index (κ3) is 2.87. The summed E-state index contributed by atoms with van der Waals surface area (Å²) in [6.07, 6.45) is 4.30. The smallest absolute Gasteiger partial charge is 0.272 e. The molecule has 1 atom stereocenters. The normalized spacial score (nSPS) is 15.3. The molecule has 0 unspecified atom stereocenters. The van der Waals surface area contributed by atoms with Crippen molar-refractivity contribution in [2.75, 3.05) is 0 Å². The molecular formula is C18H20N6O2. The first-order valence-electron chi connectivity index (χ1n) is 8.85. The van der Waals surface area contributed by atoms with Gasteiger partial charge in [0.15, 0.2) is 11.5 Å². The number of aryl methyl sites for hydroxylation is 1. The van der Waals surface area contributed by atoms with Gasteiger partial charge in [-0.2, -0.15) is 5.10 Å². The summed E-state index contributed by atoms with van der Waals surface area (Å²) in [6, 6.07) is 6.62. The molecule has 134 valence electrons. The van der Waals surface area contributed by atoms with Crippen molar-refractivity contribution in [3.05, 3.63) is 52.0 Å². The second kappa shape index (κ2) is 6.70. The zero-order chi connectivity index (χ0) is 18.1. The highest BCUT2D eigenvalue weighted by atomic mass is 16.2. The summed E-state index contributed by atoms with van der Waals surface area (Å²) < 4.78 is 2.11. The van der Waals surface area contributed by atoms with Crippen molar-refractivity contribution >= 4 is 16.7 Å². The quantitative estimate of drug-likeness (QED) is 0.747. The van der Waals surface area contributed by atoms with Crippen LogP contribution in [0.3, 0.4) is 0 Å². The molecule has 3 heterocycles. The number of carbonyl (C=O) groups excluding carboxylic acids is 1. The molecule has 1 aliphatic heterocycles. The van der Waals surface area contributed by atoms with E-state index in [0.29, 0.717) is 10.8 Å². The van der Waals surface area contributed by atoms with Crippen molar-refractivity contribution in [1.82, 2.24) is 30.3 Å². The van der Waals surface area contributed by atoms with E-state index >= 15 is 0 Å². The number of aromatic amines is 1. The Bertz CT molecular complexity index is 1020. The number of carbonyl (C=O) groups is 1. The van der Waals surface area contributed by atoms with Gasteiger partial charge in [-0.05, 0) is 25.8 Å². The van der Waals surface area contributed by atoms with Crippen LogP contribution in [-0.4, -0.2) is 30.9 Å². The fraction of sp³-hybridized carbons (Fsp3) is 0.389. The van der Waals surface area contributed by atoms with Crippen molar-refractivity contribution in [3.8, 4) is 0 Å². The number of H-pyrrole nitrogens is 1. The Hall–Kier alpha value is -3.03. The lowest BCUT2D eigenvalue weighted by Gasteiger charge is -2.15. The highest BCUT2D eigenvalue weighted by molar-refractivity contribution is 6.04. The standard InChI is InChI=1S/C18H20N6O2/c1-11(16-22-20-14-9-3-2-6-10-24(14)16)19-18(26)15-12-7-4-5-8-13(12)17(25)23-21-15/h4-5,7-8,11H,2-3,6,9-10H2,1H3,(H,19,26)(H,23,25)/t11-/m0/s1. The third-order valence-electron chi connectivity index (χ3n) is 4.78. The molecule has 2 N–H and O–H groups in total. The lowest BCUT2D eigenvalue weighted by molar-refractivity contribution is 0.0933. The first-order chi connectivity index (χ1) is 12.6. The fourth-order valence-electron chi connectivity index (χ4n) is 3.45. The summed E-state index contributed by atoms with van der Waals surface area (Å²) in [4.78, 5) is 24.6. The van der Waals surface area contributed by atoms with Crippen LogP contribution in [0.4, 0.5) is 0 Å².